The summed E-state index contributed by atoms with van der Waals surface area (Å²) in [5, 5.41) is 3.60. The molecule has 0 radical (unpaired) electrons. The number of halogens is 1. The van der Waals surface area contributed by atoms with E-state index in [0.717, 1.165) is 32.6 Å². The molecule has 2 rings (SSSR count). The molecule has 1 N–H and O–H groups in total. The second-order valence-electron chi connectivity index (χ2n) is 5.80. The summed E-state index contributed by atoms with van der Waals surface area (Å²) < 4.78 is 13.0. The van der Waals surface area contributed by atoms with Gasteiger partial charge in [-0.3, -0.25) is 4.90 Å². The SMILES string of the molecule is CCNC(Cc1ccc(F)cc1)C1CN(C)CCN1C. The van der Waals surface area contributed by atoms with E-state index >= 15 is 0 Å². The second kappa shape index (κ2) is 7.16. The normalized spacial score (nSPS) is 22.9. The highest BCUT2D eigenvalue weighted by atomic mass is 19.1. The zero-order valence-electron chi connectivity index (χ0n) is 12.8. The van der Waals surface area contributed by atoms with E-state index < -0.39 is 0 Å². The minimum absolute atomic E-state index is 0.164. The van der Waals surface area contributed by atoms with E-state index in [9.17, 15) is 4.39 Å². The van der Waals surface area contributed by atoms with Gasteiger partial charge in [0.1, 0.15) is 5.82 Å². The van der Waals surface area contributed by atoms with Gasteiger partial charge in [0.05, 0.1) is 0 Å². The summed E-state index contributed by atoms with van der Waals surface area (Å²) in [7, 11) is 4.38. The Labute approximate surface area is 121 Å². The van der Waals surface area contributed by atoms with E-state index in [-0.39, 0.29) is 5.82 Å². The highest BCUT2D eigenvalue weighted by Crippen LogP contribution is 2.15. The third-order valence-electron chi connectivity index (χ3n) is 4.20. The number of hydrogen-bond acceptors (Lipinski definition) is 3. The van der Waals surface area contributed by atoms with Gasteiger partial charge in [0.25, 0.3) is 0 Å². The summed E-state index contributed by atoms with van der Waals surface area (Å²) in [6, 6.07) is 7.79. The van der Waals surface area contributed by atoms with Crippen LogP contribution in [0.3, 0.4) is 0 Å². The van der Waals surface area contributed by atoms with E-state index in [4.69, 9.17) is 0 Å². The summed E-state index contributed by atoms with van der Waals surface area (Å²) in [6.07, 6.45) is 0.941. The van der Waals surface area contributed by atoms with E-state index in [0.29, 0.717) is 12.1 Å². The van der Waals surface area contributed by atoms with Crippen LogP contribution in [0.25, 0.3) is 0 Å². The smallest absolute Gasteiger partial charge is 0.123 e. The number of nitrogens with zero attached hydrogens (tertiary/aromatic N) is 2. The minimum Gasteiger partial charge on any atom is -0.312 e. The summed E-state index contributed by atoms with van der Waals surface area (Å²) in [6.45, 7) is 6.41. The third-order valence-corrected chi connectivity index (χ3v) is 4.20. The van der Waals surface area contributed by atoms with Crippen LogP contribution < -0.4 is 5.32 Å². The van der Waals surface area contributed by atoms with Crippen LogP contribution in [-0.4, -0.2) is 62.2 Å². The molecule has 4 heteroatoms. The molecule has 3 nitrogen and oxygen atoms in total. The molecule has 1 aliphatic rings. The zero-order chi connectivity index (χ0) is 14.5. The molecule has 0 aliphatic carbocycles. The summed E-state index contributed by atoms with van der Waals surface area (Å²) in [5.41, 5.74) is 1.19. The largest absolute Gasteiger partial charge is 0.312 e. The van der Waals surface area contributed by atoms with Crippen LogP contribution in [0.4, 0.5) is 4.39 Å². The van der Waals surface area contributed by atoms with Crippen molar-refractivity contribution in [3.63, 3.8) is 0 Å². The first-order valence-corrected chi connectivity index (χ1v) is 7.46. The number of likely N-dealkylation sites (N-methyl/N-ethyl adjacent to an activating group) is 3. The van der Waals surface area contributed by atoms with Crippen molar-refractivity contribution < 1.29 is 4.39 Å². The quantitative estimate of drug-likeness (QED) is 0.883. The maximum absolute atomic E-state index is 13.0. The molecule has 2 atom stereocenters. The van der Waals surface area contributed by atoms with E-state index in [2.05, 4.69) is 36.1 Å². The van der Waals surface area contributed by atoms with Gasteiger partial charge in [-0.25, -0.2) is 4.39 Å². The van der Waals surface area contributed by atoms with Gasteiger partial charge in [0.2, 0.25) is 0 Å². The minimum atomic E-state index is -0.164. The predicted octanol–water partition coefficient (Wildman–Crippen LogP) is 1.59. The molecule has 1 fully saturated rings. The van der Waals surface area contributed by atoms with Crippen molar-refractivity contribution >= 4 is 0 Å². The maximum atomic E-state index is 13.0. The van der Waals surface area contributed by atoms with Gasteiger partial charge in [-0.1, -0.05) is 19.1 Å². The van der Waals surface area contributed by atoms with E-state index in [1.807, 2.05) is 12.1 Å². The lowest BCUT2D eigenvalue weighted by Crippen LogP contribution is -2.59. The molecule has 112 valence electrons. The highest BCUT2D eigenvalue weighted by Gasteiger charge is 2.29. The number of benzene rings is 1. The molecule has 1 heterocycles. The Balaban J connectivity index is 2.07. The molecular formula is C16H26FN3. The standard InChI is InChI=1S/C16H26FN3/c1-4-18-15(11-13-5-7-14(17)8-6-13)16-12-19(2)9-10-20(16)3/h5-8,15-16,18H,4,9-12H2,1-3H3. The molecule has 20 heavy (non-hydrogen) atoms. The fraction of sp³-hybridized carbons (Fsp3) is 0.625. The Morgan fingerprint density at radius 2 is 1.95 bits per heavy atom. The molecule has 0 aromatic heterocycles. The first-order valence-electron chi connectivity index (χ1n) is 7.46. The van der Waals surface area contributed by atoms with Gasteiger partial charge in [-0.05, 0) is 44.8 Å². The fourth-order valence-corrected chi connectivity index (χ4v) is 2.96. The molecule has 0 bridgehead atoms. The number of hydrogen-bond donors (Lipinski definition) is 1. The fourth-order valence-electron chi connectivity index (χ4n) is 2.96. The van der Waals surface area contributed by atoms with Gasteiger partial charge in [0.15, 0.2) is 0 Å². The maximum Gasteiger partial charge on any atom is 0.123 e. The first-order chi connectivity index (χ1) is 9.60. The van der Waals surface area contributed by atoms with Crippen molar-refractivity contribution in [3.8, 4) is 0 Å². The Bertz CT molecular complexity index is 407. The van der Waals surface area contributed by atoms with E-state index in [1.165, 1.54) is 5.56 Å². The Hall–Kier alpha value is -0.970. The molecule has 0 spiro atoms. The number of rotatable bonds is 5. The molecule has 2 unspecified atom stereocenters. The lowest BCUT2D eigenvalue weighted by molar-refractivity contribution is 0.0881. The van der Waals surface area contributed by atoms with Crippen molar-refractivity contribution in [3.05, 3.63) is 35.6 Å². The van der Waals surface area contributed by atoms with Crippen LogP contribution in [-0.2, 0) is 6.42 Å². The monoisotopic (exact) mass is 279 g/mol. The van der Waals surface area contributed by atoms with Gasteiger partial charge in [0, 0.05) is 31.7 Å². The first kappa shape index (κ1) is 15.4. The van der Waals surface area contributed by atoms with Gasteiger partial charge in [-0.15, -0.1) is 0 Å². The van der Waals surface area contributed by atoms with Crippen molar-refractivity contribution in [2.45, 2.75) is 25.4 Å². The van der Waals surface area contributed by atoms with E-state index in [1.54, 1.807) is 12.1 Å². The van der Waals surface area contributed by atoms with Crippen molar-refractivity contribution in [2.75, 3.05) is 40.3 Å². The van der Waals surface area contributed by atoms with Crippen LogP contribution in [0.2, 0.25) is 0 Å². The summed E-state index contributed by atoms with van der Waals surface area (Å²) in [4.78, 5) is 4.83. The molecule has 1 saturated heterocycles. The molecular weight excluding hydrogens is 253 g/mol. The van der Waals surface area contributed by atoms with Crippen LogP contribution in [0, 0.1) is 5.82 Å². The number of nitrogens with one attached hydrogen (secondary N) is 1. The topological polar surface area (TPSA) is 18.5 Å². The Morgan fingerprint density at radius 3 is 2.60 bits per heavy atom. The molecule has 1 aromatic carbocycles. The highest BCUT2D eigenvalue weighted by molar-refractivity contribution is 5.18. The Kier molecular flexibility index (Phi) is 5.52. The predicted molar refractivity (Wildman–Crippen MR) is 81.5 cm³/mol. The van der Waals surface area contributed by atoms with Crippen molar-refractivity contribution in [1.29, 1.82) is 0 Å². The summed E-state index contributed by atoms with van der Waals surface area (Å²) >= 11 is 0. The van der Waals surface area contributed by atoms with Crippen molar-refractivity contribution in [2.24, 2.45) is 0 Å². The lowest BCUT2D eigenvalue weighted by atomic mass is 9.96. The zero-order valence-corrected chi connectivity index (χ0v) is 12.8. The van der Waals surface area contributed by atoms with Gasteiger partial charge >= 0.3 is 0 Å². The Morgan fingerprint density at radius 1 is 1.25 bits per heavy atom. The van der Waals surface area contributed by atoms with Crippen LogP contribution in [0.1, 0.15) is 12.5 Å². The van der Waals surface area contributed by atoms with Crippen LogP contribution in [0.5, 0.6) is 0 Å². The second-order valence-corrected chi connectivity index (χ2v) is 5.80. The molecule has 0 saturated carbocycles. The average Bonchev–Trinajstić information content (AvgIpc) is 2.43. The lowest BCUT2D eigenvalue weighted by Gasteiger charge is -2.42. The number of piperazine rings is 1. The molecule has 1 aliphatic heterocycles. The van der Waals surface area contributed by atoms with Crippen LogP contribution in [0.15, 0.2) is 24.3 Å². The summed E-state index contributed by atoms with van der Waals surface area (Å²) in [5.74, 6) is -0.164. The molecule has 1 aromatic rings. The van der Waals surface area contributed by atoms with Gasteiger partial charge < -0.3 is 10.2 Å². The van der Waals surface area contributed by atoms with Crippen LogP contribution >= 0.6 is 0 Å². The third kappa shape index (κ3) is 4.01. The molecule has 0 amide bonds. The van der Waals surface area contributed by atoms with Crippen molar-refractivity contribution in [1.82, 2.24) is 15.1 Å². The van der Waals surface area contributed by atoms with Gasteiger partial charge in [-0.2, -0.15) is 0 Å². The average molecular weight is 279 g/mol.